The number of rotatable bonds is 4. The summed E-state index contributed by atoms with van der Waals surface area (Å²) in [4.78, 5) is 6.60. The molecule has 0 aliphatic carbocycles. The minimum atomic E-state index is -0.240. The van der Waals surface area contributed by atoms with Gasteiger partial charge in [-0.05, 0) is 26.0 Å². The van der Waals surface area contributed by atoms with Crippen LogP contribution in [0.25, 0.3) is 0 Å². The molecule has 2 aliphatic heterocycles. The van der Waals surface area contributed by atoms with E-state index >= 15 is 0 Å². The van der Waals surface area contributed by atoms with Crippen LogP contribution in [-0.4, -0.2) is 54.7 Å². The van der Waals surface area contributed by atoms with Crippen LogP contribution < -0.4 is 11.2 Å². The van der Waals surface area contributed by atoms with Gasteiger partial charge in [0, 0.05) is 31.0 Å². The van der Waals surface area contributed by atoms with E-state index in [9.17, 15) is 0 Å². The maximum atomic E-state index is 5.88. The zero-order chi connectivity index (χ0) is 16.2. The van der Waals surface area contributed by atoms with Gasteiger partial charge in [-0.3, -0.25) is 10.4 Å². The highest BCUT2D eigenvalue weighted by molar-refractivity contribution is 6.10. The van der Waals surface area contributed by atoms with Gasteiger partial charge >= 0.3 is 0 Å². The number of hydrazone groups is 1. The molecule has 1 aromatic heterocycles. The van der Waals surface area contributed by atoms with Crippen LogP contribution in [0.15, 0.2) is 29.1 Å². The molecule has 0 aromatic carbocycles. The molecule has 0 spiro atoms. The van der Waals surface area contributed by atoms with E-state index in [1.165, 1.54) is 0 Å². The average Bonchev–Trinajstić information content (AvgIpc) is 2.58. The number of hydrogen-bond donors (Lipinski definition) is 2. The summed E-state index contributed by atoms with van der Waals surface area (Å²) in [6, 6.07) is 1.90. The summed E-state index contributed by atoms with van der Waals surface area (Å²) in [6.45, 7) is 7.68. The van der Waals surface area contributed by atoms with E-state index in [2.05, 4.69) is 26.5 Å². The predicted octanol–water partition coefficient (Wildman–Crippen LogP) is 0.858. The van der Waals surface area contributed by atoms with E-state index in [1.54, 1.807) is 6.20 Å². The molecule has 0 saturated carbocycles. The number of nitrogens with one attached hydrogen (secondary N) is 1. The standard InChI is InChI=1S/C16H23N5O2/c1-3-23-16-15(21-4-6-22-7-5-21)9-14(19-20-16)13-8-12(17)10-18-11(13)2/h8-10,16,20H,3-7,17H2,1-2H3. The number of hydrogen-bond acceptors (Lipinski definition) is 7. The molecule has 7 heteroatoms. The van der Waals surface area contributed by atoms with Crippen LogP contribution in [-0.2, 0) is 9.47 Å². The largest absolute Gasteiger partial charge is 0.397 e. The van der Waals surface area contributed by atoms with Gasteiger partial charge in [0.2, 0.25) is 0 Å². The summed E-state index contributed by atoms with van der Waals surface area (Å²) < 4.78 is 11.2. The van der Waals surface area contributed by atoms with E-state index in [4.69, 9.17) is 15.2 Å². The van der Waals surface area contributed by atoms with Crippen molar-refractivity contribution in [1.82, 2.24) is 15.3 Å². The Morgan fingerprint density at radius 3 is 2.96 bits per heavy atom. The van der Waals surface area contributed by atoms with Crippen LogP contribution in [0.3, 0.4) is 0 Å². The van der Waals surface area contributed by atoms with Crippen molar-refractivity contribution < 1.29 is 9.47 Å². The van der Waals surface area contributed by atoms with Crippen LogP contribution in [0.5, 0.6) is 0 Å². The van der Waals surface area contributed by atoms with Crippen molar-refractivity contribution in [2.24, 2.45) is 5.10 Å². The molecular formula is C16H23N5O2. The number of nitrogens with zero attached hydrogens (tertiary/aromatic N) is 3. The molecule has 3 rings (SSSR count). The first-order valence-electron chi connectivity index (χ1n) is 7.90. The number of morpholine rings is 1. The van der Waals surface area contributed by atoms with E-state index in [0.29, 0.717) is 12.3 Å². The lowest BCUT2D eigenvalue weighted by atomic mass is 10.1. The second-order valence-corrected chi connectivity index (χ2v) is 5.53. The summed E-state index contributed by atoms with van der Waals surface area (Å²) in [5.74, 6) is 0. The summed E-state index contributed by atoms with van der Waals surface area (Å²) in [7, 11) is 0. The first-order valence-corrected chi connectivity index (χ1v) is 7.90. The number of aromatic nitrogens is 1. The van der Waals surface area contributed by atoms with Crippen LogP contribution in [0, 0.1) is 6.92 Å². The fourth-order valence-corrected chi connectivity index (χ4v) is 2.76. The highest BCUT2D eigenvalue weighted by Gasteiger charge is 2.26. The second kappa shape index (κ2) is 6.97. The Morgan fingerprint density at radius 1 is 1.43 bits per heavy atom. The van der Waals surface area contributed by atoms with Crippen molar-refractivity contribution in [3.8, 4) is 0 Å². The molecule has 3 heterocycles. The topological polar surface area (TPSA) is 85.0 Å². The van der Waals surface area contributed by atoms with Crippen molar-refractivity contribution in [2.45, 2.75) is 20.1 Å². The number of ether oxygens (including phenoxy) is 2. The minimum Gasteiger partial charge on any atom is -0.397 e. The zero-order valence-electron chi connectivity index (χ0n) is 13.6. The summed E-state index contributed by atoms with van der Waals surface area (Å²) in [5.41, 5.74) is 13.3. The van der Waals surface area contributed by atoms with Gasteiger partial charge < -0.3 is 20.1 Å². The minimum absolute atomic E-state index is 0.240. The molecule has 1 unspecified atom stereocenters. The average molecular weight is 317 g/mol. The third-order valence-corrected chi connectivity index (χ3v) is 3.95. The number of nitrogens with two attached hydrogens (primary N) is 1. The smallest absolute Gasteiger partial charge is 0.183 e. The molecule has 124 valence electrons. The summed E-state index contributed by atoms with van der Waals surface area (Å²) in [6.07, 6.45) is 3.48. The molecule has 3 N–H and O–H groups in total. The third-order valence-electron chi connectivity index (χ3n) is 3.95. The van der Waals surface area contributed by atoms with E-state index in [1.807, 2.05) is 19.9 Å². The summed E-state index contributed by atoms with van der Waals surface area (Å²) in [5, 5.41) is 4.46. The first-order chi connectivity index (χ1) is 11.2. The Hall–Kier alpha value is -2.12. The van der Waals surface area contributed by atoms with E-state index < -0.39 is 0 Å². The Labute approximate surface area is 136 Å². The van der Waals surface area contributed by atoms with Gasteiger partial charge in [0.25, 0.3) is 0 Å². The first kappa shape index (κ1) is 15.8. The molecule has 7 nitrogen and oxygen atoms in total. The van der Waals surface area contributed by atoms with Gasteiger partial charge in [-0.25, -0.2) is 0 Å². The fourth-order valence-electron chi connectivity index (χ4n) is 2.76. The second-order valence-electron chi connectivity index (χ2n) is 5.53. The lowest BCUT2D eigenvalue weighted by molar-refractivity contribution is 0.00911. The van der Waals surface area contributed by atoms with Crippen molar-refractivity contribution in [2.75, 3.05) is 38.6 Å². The predicted molar refractivity (Wildman–Crippen MR) is 88.9 cm³/mol. The van der Waals surface area contributed by atoms with Crippen LogP contribution in [0.1, 0.15) is 18.2 Å². The number of nitrogen functional groups attached to an aromatic ring is 1. The number of aryl methyl sites for hydroxylation is 1. The Kier molecular flexibility index (Phi) is 4.78. The van der Waals surface area contributed by atoms with Gasteiger partial charge in [0.05, 0.1) is 36.5 Å². The Morgan fingerprint density at radius 2 is 2.22 bits per heavy atom. The molecule has 0 bridgehead atoms. The van der Waals surface area contributed by atoms with Gasteiger partial charge in [-0.1, -0.05) is 0 Å². The molecule has 1 atom stereocenters. The quantitative estimate of drug-likeness (QED) is 0.857. The monoisotopic (exact) mass is 317 g/mol. The summed E-state index contributed by atoms with van der Waals surface area (Å²) >= 11 is 0. The Balaban J connectivity index is 1.92. The maximum absolute atomic E-state index is 5.88. The molecule has 1 aromatic rings. The van der Waals surface area contributed by atoms with E-state index in [-0.39, 0.29) is 6.23 Å². The lowest BCUT2D eigenvalue weighted by Crippen LogP contribution is -2.46. The van der Waals surface area contributed by atoms with Crippen LogP contribution in [0.4, 0.5) is 5.69 Å². The van der Waals surface area contributed by atoms with Crippen LogP contribution >= 0.6 is 0 Å². The zero-order valence-corrected chi connectivity index (χ0v) is 13.6. The van der Waals surface area contributed by atoms with Gasteiger partial charge in [-0.15, -0.1) is 0 Å². The molecule has 23 heavy (non-hydrogen) atoms. The fraction of sp³-hybridized carbons (Fsp3) is 0.500. The third kappa shape index (κ3) is 3.46. The molecule has 0 radical (unpaired) electrons. The lowest BCUT2D eigenvalue weighted by Gasteiger charge is -2.36. The van der Waals surface area contributed by atoms with Gasteiger partial charge in [0.1, 0.15) is 0 Å². The molecule has 1 fully saturated rings. The van der Waals surface area contributed by atoms with Gasteiger partial charge in [0.15, 0.2) is 6.23 Å². The van der Waals surface area contributed by atoms with Crippen molar-refractivity contribution in [1.29, 1.82) is 0 Å². The highest BCUT2D eigenvalue weighted by Crippen LogP contribution is 2.20. The van der Waals surface area contributed by atoms with Crippen molar-refractivity contribution in [3.05, 3.63) is 35.3 Å². The SMILES string of the molecule is CCOC1NN=C(c2cc(N)cnc2C)C=C1N1CCOCC1. The highest BCUT2D eigenvalue weighted by atomic mass is 16.5. The molecule has 1 saturated heterocycles. The Bertz CT molecular complexity index is 623. The van der Waals surface area contributed by atoms with Crippen molar-refractivity contribution >= 4 is 11.4 Å². The molecule has 2 aliphatic rings. The maximum Gasteiger partial charge on any atom is 0.183 e. The van der Waals surface area contributed by atoms with Gasteiger partial charge in [-0.2, -0.15) is 5.10 Å². The van der Waals surface area contributed by atoms with Crippen molar-refractivity contribution in [3.63, 3.8) is 0 Å². The number of allylic oxidation sites excluding steroid dienone is 1. The van der Waals surface area contributed by atoms with E-state index in [0.717, 1.165) is 49.0 Å². The number of pyridine rings is 1. The number of anilines is 1. The molecule has 0 amide bonds. The molecular weight excluding hydrogens is 294 g/mol. The normalized spacial score (nSPS) is 21.5. The van der Waals surface area contributed by atoms with Crippen LogP contribution in [0.2, 0.25) is 0 Å².